The third-order valence-electron chi connectivity index (χ3n) is 2.22. The Morgan fingerprint density at radius 2 is 2.05 bits per heavy atom. The molecule has 1 aromatic rings. The van der Waals surface area contributed by atoms with Crippen LogP contribution in [-0.4, -0.2) is 36.3 Å². The third kappa shape index (κ3) is 6.56. The summed E-state index contributed by atoms with van der Waals surface area (Å²) in [6, 6.07) is 5.03. The molecule has 1 amide bonds. The van der Waals surface area contributed by atoms with Crippen LogP contribution in [-0.2, 0) is 9.47 Å². The van der Waals surface area contributed by atoms with Crippen molar-refractivity contribution in [3.63, 3.8) is 0 Å². The van der Waals surface area contributed by atoms with Crippen LogP contribution < -0.4 is 5.32 Å². The van der Waals surface area contributed by atoms with Gasteiger partial charge in [0, 0.05) is 6.54 Å². The van der Waals surface area contributed by atoms with Crippen molar-refractivity contribution in [3.8, 4) is 0 Å². The highest BCUT2D eigenvalue weighted by molar-refractivity contribution is 5.87. The summed E-state index contributed by atoms with van der Waals surface area (Å²) in [5.41, 5.74) is 0.313. The van der Waals surface area contributed by atoms with E-state index < -0.39 is 17.7 Å². The van der Waals surface area contributed by atoms with E-state index in [9.17, 15) is 9.59 Å². The molecule has 1 heterocycles. The summed E-state index contributed by atoms with van der Waals surface area (Å²) in [6.07, 6.45) is 2.93. The predicted octanol–water partition coefficient (Wildman–Crippen LogP) is 2.41. The van der Waals surface area contributed by atoms with E-state index in [2.05, 4.69) is 15.0 Å². The summed E-state index contributed by atoms with van der Waals surface area (Å²) in [6.45, 7) is 5.69. The molecule has 6 nitrogen and oxygen atoms in total. The molecular formula is C15H20N2O4. The molecule has 0 fully saturated rings. The molecule has 0 aliphatic heterocycles. The van der Waals surface area contributed by atoms with E-state index in [4.69, 9.17) is 4.74 Å². The van der Waals surface area contributed by atoms with Gasteiger partial charge in [-0.05, 0) is 39.0 Å². The number of pyridine rings is 1. The van der Waals surface area contributed by atoms with Crippen LogP contribution in [0.2, 0.25) is 0 Å². The maximum absolute atomic E-state index is 11.4. The van der Waals surface area contributed by atoms with Gasteiger partial charge in [0.1, 0.15) is 11.3 Å². The number of hydrogen-bond acceptors (Lipinski definition) is 5. The Hall–Kier alpha value is -2.37. The Bertz CT molecular complexity index is 533. The second kappa shape index (κ2) is 7.42. The molecule has 0 unspecified atom stereocenters. The molecule has 0 spiro atoms. The molecule has 0 saturated carbocycles. The number of ether oxygens (including phenoxy) is 2. The topological polar surface area (TPSA) is 77.5 Å². The highest BCUT2D eigenvalue weighted by atomic mass is 16.6. The first-order chi connectivity index (χ1) is 9.81. The van der Waals surface area contributed by atoms with Crippen molar-refractivity contribution < 1.29 is 19.1 Å². The van der Waals surface area contributed by atoms with Gasteiger partial charge in [-0.1, -0.05) is 12.1 Å². The monoisotopic (exact) mass is 292 g/mol. The first-order valence-corrected chi connectivity index (χ1v) is 6.50. The smallest absolute Gasteiger partial charge is 0.407 e. The first-order valence-electron chi connectivity index (χ1n) is 6.50. The molecule has 0 saturated heterocycles. The lowest BCUT2D eigenvalue weighted by Crippen LogP contribution is -2.32. The van der Waals surface area contributed by atoms with Crippen molar-refractivity contribution in [2.45, 2.75) is 26.4 Å². The number of alkyl carbamates (subject to hydrolysis) is 1. The minimum absolute atomic E-state index is 0.236. The Balaban J connectivity index is 2.51. The van der Waals surface area contributed by atoms with Crippen LogP contribution in [0, 0.1) is 0 Å². The summed E-state index contributed by atoms with van der Waals surface area (Å²) in [4.78, 5) is 26.9. The van der Waals surface area contributed by atoms with Crippen molar-refractivity contribution in [1.82, 2.24) is 10.3 Å². The van der Waals surface area contributed by atoms with E-state index in [-0.39, 0.29) is 5.69 Å². The third-order valence-corrected chi connectivity index (χ3v) is 2.22. The lowest BCUT2D eigenvalue weighted by Gasteiger charge is -2.19. The van der Waals surface area contributed by atoms with Gasteiger partial charge in [-0.15, -0.1) is 0 Å². The number of carbonyl (C=O) groups excluding carboxylic acids is 2. The number of hydrogen-bond donors (Lipinski definition) is 1. The number of methoxy groups -OCH3 is 1. The number of nitrogens with one attached hydrogen (secondary N) is 1. The molecule has 114 valence electrons. The lowest BCUT2D eigenvalue weighted by atomic mass is 10.2. The molecule has 1 N–H and O–H groups in total. The fourth-order valence-electron chi connectivity index (χ4n) is 1.40. The van der Waals surface area contributed by atoms with Crippen molar-refractivity contribution in [1.29, 1.82) is 0 Å². The van der Waals surface area contributed by atoms with E-state index in [0.717, 1.165) is 0 Å². The zero-order chi connectivity index (χ0) is 15.9. The SMILES string of the molecule is COC(=O)c1cccc(C=CCNC(=O)OC(C)(C)C)n1. The van der Waals surface area contributed by atoms with Gasteiger partial charge in [0.15, 0.2) is 0 Å². The van der Waals surface area contributed by atoms with E-state index >= 15 is 0 Å². The van der Waals surface area contributed by atoms with Crippen LogP contribution in [0.25, 0.3) is 6.08 Å². The highest BCUT2D eigenvalue weighted by Crippen LogP contribution is 2.06. The zero-order valence-electron chi connectivity index (χ0n) is 12.7. The molecule has 0 atom stereocenters. The Morgan fingerprint density at radius 3 is 2.67 bits per heavy atom. The fourth-order valence-corrected chi connectivity index (χ4v) is 1.40. The summed E-state index contributed by atoms with van der Waals surface area (Å²) in [5, 5.41) is 2.59. The van der Waals surface area contributed by atoms with Crippen LogP contribution in [0.3, 0.4) is 0 Å². The van der Waals surface area contributed by atoms with E-state index in [1.54, 1.807) is 51.1 Å². The quantitative estimate of drug-likeness (QED) is 0.862. The number of carbonyl (C=O) groups is 2. The molecule has 21 heavy (non-hydrogen) atoms. The normalized spacial score (nSPS) is 11.2. The second-order valence-corrected chi connectivity index (χ2v) is 5.22. The van der Waals surface area contributed by atoms with Gasteiger partial charge in [-0.2, -0.15) is 0 Å². The Labute approximate surface area is 124 Å². The van der Waals surface area contributed by atoms with Crippen molar-refractivity contribution >= 4 is 18.1 Å². The van der Waals surface area contributed by atoms with Crippen LogP contribution in [0.1, 0.15) is 37.0 Å². The second-order valence-electron chi connectivity index (χ2n) is 5.22. The minimum atomic E-state index is -0.524. The molecule has 0 bridgehead atoms. The summed E-state index contributed by atoms with van der Waals surface area (Å²) in [5.74, 6) is -0.489. The standard InChI is InChI=1S/C15H20N2O4/c1-15(2,3)21-14(19)16-10-6-8-11-7-5-9-12(17-11)13(18)20-4/h5-9H,10H2,1-4H3,(H,16,19). The van der Waals surface area contributed by atoms with Gasteiger partial charge in [0.05, 0.1) is 12.8 Å². The number of aromatic nitrogens is 1. The number of esters is 1. The number of rotatable bonds is 4. The van der Waals surface area contributed by atoms with Gasteiger partial charge in [0.25, 0.3) is 0 Å². The van der Waals surface area contributed by atoms with Crippen LogP contribution >= 0.6 is 0 Å². The minimum Gasteiger partial charge on any atom is -0.464 e. The largest absolute Gasteiger partial charge is 0.464 e. The average molecular weight is 292 g/mol. The van der Waals surface area contributed by atoms with Gasteiger partial charge < -0.3 is 14.8 Å². The summed E-state index contributed by atoms with van der Waals surface area (Å²) in [7, 11) is 1.30. The first kappa shape index (κ1) is 16.7. The molecule has 0 aliphatic rings. The van der Waals surface area contributed by atoms with E-state index in [1.807, 2.05) is 0 Å². The van der Waals surface area contributed by atoms with Gasteiger partial charge >= 0.3 is 12.1 Å². The van der Waals surface area contributed by atoms with Crippen LogP contribution in [0.5, 0.6) is 0 Å². The lowest BCUT2D eigenvalue weighted by molar-refractivity contribution is 0.0532. The molecule has 0 aromatic carbocycles. The predicted molar refractivity (Wildman–Crippen MR) is 78.8 cm³/mol. The number of nitrogens with zero attached hydrogens (tertiary/aromatic N) is 1. The maximum atomic E-state index is 11.4. The van der Waals surface area contributed by atoms with Gasteiger partial charge in [0.2, 0.25) is 0 Å². The maximum Gasteiger partial charge on any atom is 0.407 e. The zero-order valence-corrected chi connectivity index (χ0v) is 12.7. The molecule has 1 aromatic heterocycles. The van der Waals surface area contributed by atoms with Crippen LogP contribution in [0.15, 0.2) is 24.3 Å². The van der Waals surface area contributed by atoms with Crippen molar-refractivity contribution in [2.24, 2.45) is 0 Å². The van der Waals surface area contributed by atoms with Crippen molar-refractivity contribution in [2.75, 3.05) is 13.7 Å². The van der Waals surface area contributed by atoms with Gasteiger partial charge in [-0.3, -0.25) is 0 Å². The Morgan fingerprint density at radius 1 is 1.33 bits per heavy atom. The molecule has 0 radical (unpaired) electrons. The Kier molecular flexibility index (Phi) is 5.90. The fraction of sp³-hybridized carbons (Fsp3) is 0.400. The molecule has 1 rings (SSSR count). The molecule has 0 aliphatic carbocycles. The highest BCUT2D eigenvalue weighted by Gasteiger charge is 2.15. The summed E-state index contributed by atoms with van der Waals surface area (Å²) >= 11 is 0. The number of amides is 1. The average Bonchev–Trinajstić information content (AvgIpc) is 2.41. The van der Waals surface area contributed by atoms with Gasteiger partial charge in [-0.25, -0.2) is 14.6 Å². The van der Waals surface area contributed by atoms with Crippen molar-refractivity contribution in [3.05, 3.63) is 35.7 Å². The van der Waals surface area contributed by atoms with Crippen LogP contribution in [0.4, 0.5) is 4.79 Å². The molecular weight excluding hydrogens is 272 g/mol. The van der Waals surface area contributed by atoms with E-state index in [0.29, 0.717) is 12.2 Å². The summed E-state index contributed by atoms with van der Waals surface area (Å²) < 4.78 is 9.69. The molecule has 6 heteroatoms. The van der Waals surface area contributed by atoms with E-state index in [1.165, 1.54) is 7.11 Å².